The largest absolute Gasteiger partial charge is 0.390 e. The molecular formula is C11H11Cl2NOS. The standard InChI is InChI=1S/C11H11Cl2NOS/c12-9-2-1-3-10(13)8(9)4-11-14-7(5-15)6-16-11/h1-3,6,8-9,15H,4-5H2. The van der Waals surface area contributed by atoms with Crippen molar-refractivity contribution < 1.29 is 5.11 Å². The van der Waals surface area contributed by atoms with Crippen LogP contribution in [0.4, 0.5) is 0 Å². The van der Waals surface area contributed by atoms with Gasteiger partial charge in [0.25, 0.3) is 0 Å². The lowest BCUT2D eigenvalue weighted by atomic mass is 9.97. The Morgan fingerprint density at radius 3 is 2.94 bits per heavy atom. The highest BCUT2D eigenvalue weighted by molar-refractivity contribution is 7.09. The summed E-state index contributed by atoms with van der Waals surface area (Å²) in [6.45, 7) is -0.0189. The Labute approximate surface area is 108 Å². The molecule has 0 aromatic carbocycles. The molecule has 0 aliphatic heterocycles. The Kier molecular flexibility index (Phi) is 4.03. The van der Waals surface area contributed by atoms with Crippen molar-refractivity contribution in [1.82, 2.24) is 4.98 Å². The maximum atomic E-state index is 8.93. The Bertz CT molecular complexity index is 427. The smallest absolute Gasteiger partial charge is 0.0936 e. The number of nitrogens with zero attached hydrogens (tertiary/aromatic N) is 1. The van der Waals surface area contributed by atoms with E-state index in [-0.39, 0.29) is 17.9 Å². The molecule has 0 bridgehead atoms. The third kappa shape index (κ3) is 2.66. The molecule has 2 nitrogen and oxygen atoms in total. The van der Waals surface area contributed by atoms with Crippen LogP contribution in [0, 0.1) is 5.92 Å². The molecule has 1 aliphatic carbocycles. The molecule has 2 atom stereocenters. The first-order chi connectivity index (χ1) is 7.70. The summed E-state index contributed by atoms with van der Waals surface area (Å²) >= 11 is 13.8. The Morgan fingerprint density at radius 1 is 1.50 bits per heavy atom. The zero-order chi connectivity index (χ0) is 11.5. The normalized spacial score (nSPS) is 24.6. The molecule has 16 heavy (non-hydrogen) atoms. The van der Waals surface area contributed by atoms with Crippen molar-refractivity contribution in [3.63, 3.8) is 0 Å². The predicted molar refractivity (Wildman–Crippen MR) is 67.9 cm³/mol. The number of allylic oxidation sites excluding steroid dienone is 4. The molecule has 0 fully saturated rings. The molecule has 0 saturated heterocycles. The quantitative estimate of drug-likeness (QED) is 0.860. The predicted octanol–water partition coefficient (Wildman–Crippen LogP) is 3.09. The molecule has 0 amide bonds. The lowest BCUT2D eigenvalue weighted by Crippen LogP contribution is -2.18. The minimum Gasteiger partial charge on any atom is -0.390 e. The lowest BCUT2D eigenvalue weighted by molar-refractivity contribution is 0.277. The Morgan fingerprint density at radius 2 is 2.31 bits per heavy atom. The molecule has 1 heterocycles. The second kappa shape index (κ2) is 5.32. The molecule has 5 heteroatoms. The van der Waals surface area contributed by atoms with Gasteiger partial charge in [-0.25, -0.2) is 4.98 Å². The molecule has 2 rings (SSSR count). The summed E-state index contributed by atoms with van der Waals surface area (Å²) in [7, 11) is 0. The van der Waals surface area contributed by atoms with Crippen molar-refractivity contribution in [3.05, 3.63) is 39.3 Å². The highest BCUT2D eigenvalue weighted by atomic mass is 35.5. The topological polar surface area (TPSA) is 33.1 Å². The van der Waals surface area contributed by atoms with Crippen LogP contribution >= 0.6 is 34.5 Å². The molecule has 86 valence electrons. The number of halogens is 2. The summed E-state index contributed by atoms with van der Waals surface area (Å²) in [5.74, 6) is 0.0889. The zero-order valence-electron chi connectivity index (χ0n) is 8.44. The number of aliphatic hydroxyl groups excluding tert-OH is 1. The Balaban J connectivity index is 2.09. The third-order valence-corrected chi connectivity index (χ3v) is 4.22. The molecule has 1 N–H and O–H groups in total. The highest BCUT2D eigenvalue weighted by Crippen LogP contribution is 2.31. The van der Waals surface area contributed by atoms with Gasteiger partial charge in [-0.1, -0.05) is 23.8 Å². The van der Waals surface area contributed by atoms with Crippen LogP contribution in [-0.4, -0.2) is 15.5 Å². The second-order valence-electron chi connectivity index (χ2n) is 3.58. The van der Waals surface area contributed by atoms with Crippen LogP contribution in [0.3, 0.4) is 0 Å². The number of rotatable bonds is 3. The first kappa shape index (κ1) is 12.1. The van der Waals surface area contributed by atoms with Crippen LogP contribution in [0.1, 0.15) is 10.7 Å². The lowest BCUT2D eigenvalue weighted by Gasteiger charge is -2.20. The average Bonchev–Trinajstić information content (AvgIpc) is 2.71. The van der Waals surface area contributed by atoms with Crippen molar-refractivity contribution >= 4 is 34.5 Å². The summed E-state index contributed by atoms with van der Waals surface area (Å²) in [5.41, 5.74) is 0.706. The maximum Gasteiger partial charge on any atom is 0.0936 e. The van der Waals surface area contributed by atoms with Crippen molar-refractivity contribution in [2.75, 3.05) is 0 Å². The number of thiazole rings is 1. The number of aliphatic hydroxyl groups is 1. The molecule has 0 radical (unpaired) electrons. The van der Waals surface area contributed by atoms with E-state index in [0.717, 1.165) is 16.5 Å². The van der Waals surface area contributed by atoms with Gasteiger partial charge >= 0.3 is 0 Å². The van der Waals surface area contributed by atoms with Crippen LogP contribution in [-0.2, 0) is 13.0 Å². The van der Waals surface area contributed by atoms with Crippen molar-refractivity contribution in [2.45, 2.75) is 18.4 Å². The summed E-state index contributed by atoms with van der Waals surface area (Å²) in [4.78, 5) is 4.29. The first-order valence-corrected chi connectivity index (χ1v) is 6.62. The number of hydrogen-bond acceptors (Lipinski definition) is 3. The van der Waals surface area contributed by atoms with E-state index in [1.165, 1.54) is 11.3 Å². The minimum atomic E-state index is -0.0843. The van der Waals surface area contributed by atoms with E-state index < -0.39 is 0 Å². The van der Waals surface area contributed by atoms with Gasteiger partial charge in [-0.2, -0.15) is 0 Å². The molecule has 1 aromatic rings. The van der Waals surface area contributed by atoms with Crippen molar-refractivity contribution in [3.8, 4) is 0 Å². The average molecular weight is 276 g/mol. The van der Waals surface area contributed by atoms with Gasteiger partial charge < -0.3 is 5.11 Å². The van der Waals surface area contributed by atoms with Gasteiger partial charge in [0.15, 0.2) is 0 Å². The van der Waals surface area contributed by atoms with Crippen LogP contribution in [0.15, 0.2) is 28.6 Å². The van der Waals surface area contributed by atoms with Gasteiger partial charge in [-0.3, -0.25) is 0 Å². The molecule has 0 saturated carbocycles. The Hall–Kier alpha value is -0.350. The summed E-state index contributed by atoms with van der Waals surface area (Å²) in [5, 5.41) is 12.4. The summed E-state index contributed by atoms with van der Waals surface area (Å²) in [6, 6.07) is 0. The highest BCUT2D eigenvalue weighted by Gasteiger charge is 2.24. The molecule has 0 spiro atoms. The molecule has 2 unspecified atom stereocenters. The van der Waals surface area contributed by atoms with E-state index in [1.807, 2.05) is 23.6 Å². The van der Waals surface area contributed by atoms with E-state index in [9.17, 15) is 0 Å². The maximum absolute atomic E-state index is 8.93. The van der Waals surface area contributed by atoms with Crippen LogP contribution < -0.4 is 0 Å². The van der Waals surface area contributed by atoms with E-state index in [4.69, 9.17) is 28.3 Å². The third-order valence-electron chi connectivity index (χ3n) is 2.44. The van der Waals surface area contributed by atoms with Crippen molar-refractivity contribution in [2.24, 2.45) is 5.92 Å². The SMILES string of the molecule is OCc1csc(CC2C(Cl)=CC=CC2Cl)n1. The van der Waals surface area contributed by atoms with Crippen LogP contribution in [0.5, 0.6) is 0 Å². The minimum absolute atomic E-state index is 0.0189. The molecular weight excluding hydrogens is 265 g/mol. The monoisotopic (exact) mass is 275 g/mol. The molecule has 1 aliphatic rings. The fourth-order valence-electron chi connectivity index (χ4n) is 1.58. The van der Waals surface area contributed by atoms with Crippen molar-refractivity contribution in [1.29, 1.82) is 0 Å². The van der Waals surface area contributed by atoms with Crippen LogP contribution in [0.25, 0.3) is 0 Å². The van der Waals surface area contributed by atoms with Gasteiger partial charge in [0, 0.05) is 22.8 Å². The van der Waals surface area contributed by atoms with Gasteiger partial charge in [0.05, 0.1) is 22.7 Å². The zero-order valence-corrected chi connectivity index (χ0v) is 10.8. The van der Waals surface area contributed by atoms with Gasteiger partial charge in [-0.05, 0) is 6.08 Å². The summed E-state index contributed by atoms with van der Waals surface area (Å²) in [6.07, 6.45) is 6.39. The van der Waals surface area contributed by atoms with E-state index in [1.54, 1.807) is 0 Å². The summed E-state index contributed by atoms with van der Waals surface area (Å²) < 4.78 is 0. The second-order valence-corrected chi connectivity index (χ2v) is 5.47. The number of alkyl halides is 1. The van der Waals surface area contributed by atoms with E-state index >= 15 is 0 Å². The van der Waals surface area contributed by atoms with Gasteiger partial charge in [0.1, 0.15) is 0 Å². The number of aromatic nitrogens is 1. The number of hydrogen-bond donors (Lipinski definition) is 1. The van der Waals surface area contributed by atoms with Crippen LogP contribution in [0.2, 0.25) is 0 Å². The fourth-order valence-corrected chi connectivity index (χ4v) is 3.08. The molecule has 1 aromatic heterocycles. The van der Waals surface area contributed by atoms with E-state index in [0.29, 0.717) is 5.69 Å². The van der Waals surface area contributed by atoms with Gasteiger partial charge in [-0.15, -0.1) is 22.9 Å². The fraction of sp³-hybridized carbons (Fsp3) is 0.364. The first-order valence-electron chi connectivity index (χ1n) is 4.93. The van der Waals surface area contributed by atoms with Gasteiger partial charge in [0.2, 0.25) is 0 Å². The van der Waals surface area contributed by atoms with E-state index in [2.05, 4.69) is 4.98 Å².